The first-order chi connectivity index (χ1) is 14.0. The largest absolute Gasteiger partial charge is 0.491 e. The molecule has 8 heteroatoms. The molecule has 2 N–H and O–H groups in total. The number of ether oxygens (including phenoxy) is 1. The molecule has 1 aromatic carbocycles. The van der Waals surface area contributed by atoms with E-state index in [4.69, 9.17) is 4.74 Å². The SMILES string of the molecule is CC(C)Oc1ccc(CCNC(=O)Cn2cc(NC(=O)c3ccsc3)cn2)cc1. The molecule has 0 aliphatic carbocycles. The molecule has 152 valence electrons. The molecule has 0 bridgehead atoms. The Morgan fingerprint density at radius 3 is 2.69 bits per heavy atom. The Labute approximate surface area is 173 Å². The van der Waals surface area contributed by atoms with E-state index in [0.29, 0.717) is 17.8 Å². The number of hydrogen-bond donors (Lipinski definition) is 2. The molecule has 0 aliphatic rings. The molecule has 0 fully saturated rings. The third-order valence-corrected chi connectivity index (χ3v) is 4.69. The molecule has 29 heavy (non-hydrogen) atoms. The number of rotatable bonds is 9. The average molecular weight is 413 g/mol. The van der Waals surface area contributed by atoms with Crippen molar-refractivity contribution in [2.75, 3.05) is 11.9 Å². The van der Waals surface area contributed by atoms with E-state index in [1.165, 1.54) is 22.2 Å². The summed E-state index contributed by atoms with van der Waals surface area (Å²) >= 11 is 1.46. The van der Waals surface area contributed by atoms with E-state index >= 15 is 0 Å². The predicted octanol–water partition coefficient (Wildman–Crippen LogP) is 3.34. The Bertz CT molecular complexity index is 933. The zero-order valence-electron chi connectivity index (χ0n) is 16.4. The first-order valence-electron chi connectivity index (χ1n) is 9.38. The molecule has 0 saturated heterocycles. The molecule has 7 nitrogen and oxygen atoms in total. The van der Waals surface area contributed by atoms with Gasteiger partial charge in [0.2, 0.25) is 5.91 Å². The summed E-state index contributed by atoms with van der Waals surface area (Å²) in [7, 11) is 0. The van der Waals surface area contributed by atoms with Crippen molar-refractivity contribution in [2.24, 2.45) is 0 Å². The van der Waals surface area contributed by atoms with Gasteiger partial charge in [0.25, 0.3) is 5.91 Å². The van der Waals surface area contributed by atoms with Crippen molar-refractivity contribution in [3.63, 3.8) is 0 Å². The molecule has 2 amide bonds. The highest BCUT2D eigenvalue weighted by Crippen LogP contribution is 2.14. The molecule has 0 saturated carbocycles. The van der Waals surface area contributed by atoms with Crippen molar-refractivity contribution in [2.45, 2.75) is 32.9 Å². The van der Waals surface area contributed by atoms with Gasteiger partial charge in [-0.05, 0) is 49.4 Å². The van der Waals surface area contributed by atoms with E-state index in [-0.39, 0.29) is 24.5 Å². The Kier molecular flexibility index (Phi) is 7.02. The van der Waals surface area contributed by atoms with E-state index in [0.717, 1.165) is 17.7 Å². The molecule has 0 radical (unpaired) electrons. The fourth-order valence-electron chi connectivity index (χ4n) is 2.67. The van der Waals surface area contributed by atoms with E-state index in [1.54, 1.807) is 17.6 Å². The minimum atomic E-state index is -0.194. The molecular weight excluding hydrogens is 388 g/mol. The zero-order valence-corrected chi connectivity index (χ0v) is 17.2. The number of carbonyl (C=O) groups is 2. The number of carbonyl (C=O) groups excluding carboxylic acids is 2. The number of thiophene rings is 1. The summed E-state index contributed by atoms with van der Waals surface area (Å²) in [6, 6.07) is 9.63. The second kappa shape index (κ2) is 9.88. The predicted molar refractivity (Wildman–Crippen MR) is 113 cm³/mol. The Morgan fingerprint density at radius 1 is 1.21 bits per heavy atom. The lowest BCUT2D eigenvalue weighted by molar-refractivity contribution is -0.121. The normalized spacial score (nSPS) is 10.7. The van der Waals surface area contributed by atoms with Crippen LogP contribution in [0.25, 0.3) is 0 Å². The standard InChI is InChI=1S/C21H24N4O3S/c1-15(2)28-19-5-3-16(4-6-19)7-9-22-20(26)13-25-12-18(11-23-25)24-21(27)17-8-10-29-14-17/h3-6,8,10-12,14-15H,7,9,13H2,1-2H3,(H,22,26)(H,24,27). The van der Waals surface area contributed by atoms with Gasteiger partial charge in [-0.2, -0.15) is 16.4 Å². The summed E-state index contributed by atoms with van der Waals surface area (Å²) in [5, 5.41) is 13.4. The van der Waals surface area contributed by atoms with Crippen molar-refractivity contribution >= 4 is 28.8 Å². The topological polar surface area (TPSA) is 85.2 Å². The zero-order chi connectivity index (χ0) is 20.6. The van der Waals surface area contributed by atoms with Gasteiger partial charge >= 0.3 is 0 Å². The molecule has 0 unspecified atom stereocenters. The van der Waals surface area contributed by atoms with Gasteiger partial charge in [0, 0.05) is 18.1 Å². The van der Waals surface area contributed by atoms with Crippen LogP contribution in [0.5, 0.6) is 5.75 Å². The summed E-state index contributed by atoms with van der Waals surface area (Å²) in [5.41, 5.74) is 2.28. The van der Waals surface area contributed by atoms with Crippen molar-refractivity contribution in [1.82, 2.24) is 15.1 Å². The molecule has 3 aromatic rings. The van der Waals surface area contributed by atoms with Gasteiger partial charge in [-0.3, -0.25) is 14.3 Å². The summed E-state index contributed by atoms with van der Waals surface area (Å²) in [5.74, 6) is 0.511. The highest BCUT2D eigenvalue weighted by atomic mass is 32.1. The van der Waals surface area contributed by atoms with Crippen molar-refractivity contribution < 1.29 is 14.3 Å². The van der Waals surface area contributed by atoms with Crippen LogP contribution >= 0.6 is 11.3 Å². The highest BCUT2D eigenvalue weighted by molar-refractivity contribution is 7.08. The maximum Gasteiger partial charge on any atom is 0.256 e. The number of benzene rings is 1. The smallest absolute Gasteiger partial charge is 0.256 e. The van der Waals surface area contributed by atoms with Gasteiger partial charge in [0.15, 0.2) is 0 Å². The molecule has 0 spiro atoms. The molecule has 3 rings (SSSR count). The number of hydrogen-bond acceptors (Lipinski definition) is 5. The fourth-order valence-corrected chi connectivity index (χ4v) is 3.30. The maximum atomic E-state index is 12.1. The van der Waals surface area contributed by atoms with Crippen molar-refractivity contribution in [3.05, 3.63) is 64.6 Å². The van der Waals surface area contributed by atoms with Gasteiger partial charge in [0.05, 0.1) is 23.6 Å². The van der Waals surface area contributed by atoms with Gasteiger partial charge in [0.1, 0.15) is 12.3 Å². The molecule has 2 heterocycles. The quantitative estimate of drug-likeness (QED) is 0.564. The van der Waals surface area contributed by atoms with Crippen LogP contribution in [0.2, 0.25) is 0 Å². The maximum absolute atomic E-state index is 12.1. The Hall–Kier alpha value is -3.13. The van der Waals surface area contributed by atoms with Gasteiger partial charge in [-0.25, -0.2) is 0 Å². The molecule has 2 aromatic heterocycles. The van der Waals surface area contributed by atoms with Crippen LogP contribution in [0.1, 0.15) is 29.8 Å². The molecule has 0 aliphatic heterocycles. The lowest BCUT2D eigenvalue weighted by atomic mass is 10.1. The van der Waals surface area contributed by atoms with E-state index in [9.17, 15) is 9.59 Å². The number of nitrogens with zero attached hydrogens (tertiary/aromatic N) is 2. The first-order valence-corrected chi connectivity index (χ1v) is 10.3. The number of aromatic nitrogens is 2. The third-order valence-electron chi connectivity index (χ3n) is 4.01. The minimum absolute atomic E-state index is 0.0927. The second-order valence-electron chi connectivity index (χ2n) is 6.80. The van der Waals surface area contributed by atoms with Crippen molar-refractivity contribution in [3.8, 4) is 5.75 Å². The van der Waals surface area contributed by atoms with E-state index < -0.39 is 0 Å². The van der Waals surface area contributed by atoms with E-state index in [2.05, 4.69) is 15.7 Å². The summed E-state index contributed by atoms with van der Waals surface area (Å²) < 4.78 is 7.12. The molecule has 0 atom stereocenters. The Morgan fingerprint density at radius 2 is 2.00 bits per heavy atom. The Balaban J connectivity index is 1.40. The van der Waals surface area contributed by atoms with Gasteiger partial charge in [-0.1, -0.05) is 12.1 Å². The number of nitrogens with one attached hydrogen (secondary N) is 2. The number of amides is 2. The summed E-state index contributed by atoms with van der Waals surface area (Å²) in [6.07, 6.45) is 4.04. The summed E-state index contributed by atoms with van der Waals surface area (Å²) in [4.78, 5) is 24.1. The third kappa shape index (κ3) is 6.46. The molecular formula is C21H24N4O3S. The average Bonchev–Trinajstić information content (AvgIpc) is 3.35. The van der Waals surface area contributed by atoms with Crippen LogP contribution in [0.4, 0.5) is 5.69 Å². The fraction of sp³-hybridized carbons (Fsp3) is 0.286. The second-order valence-corrected chi connectivity index (χ2v) is 7.58. The minimum Gasteiger partial charge on any atom is -0.491 e. The van der Waals surface area contributed by atoms with Crippen LogP contribution < -0.4 is 15.4 Å². The van der Waals surface area contributed by atoms with Gasteiger partial charge < -0.3 is 15.4 Å². The monoisotopic (exact) mass is 412 g/mol. The first kappa shape index (κ1) is 20.6. The number of anilines is 1. The summed E-state index contributed by atoms with van der Waals surface area (Å²) in [6.45, 7) is 4.61. The van der Waals surface area contributed by atoms with Crippen LogP contribution in [0.15, 0.2) is 53.5 Å². The van der Waals surface area contributed by atoms with Gasteiger partial charge in [-0.15, -0.1) is 0 Å². The van der Waals surface area contributed by atoms with Crippen LogP contribution in [-0.4, -0.2) is 34.2 Å². The van der Waals surface area contributed by atoms with Crippen molar-refractivity contribution in [1.29, 1.82) is 0 Å². The van der Waals surface area contributed by atoms with Crippen LogP contribution in [-0.2, 0) is 17.8 Å². The highest BCUT2D eigenvalue weighted by Gasteiger charge is 2.09. The van der Waals surface area contributed by atoms with E-state index in [1.807, 2.05) is 43.5 Å². The lowest BCUT2D eigenvalue weighted by Crippen LogP contribution is -2.29. The van der Waals surface area contributed by atoms with Crippen LogP contribution in [0, 0.1) is 0 Å². The van der Waals surface area contributed by atoms with Crippen LogP contribution in [0.3, 0.4) is 0 Å². The lowest BCUT2D eigenvalue weighted by Gasteiger charge is -2.10.